The minimum atomic E-state index is 0.138. The smallest absolute Gasteiger partial charge is 0.220 e. The molecule has 1 amide bonds. The van der Waals surface area contributed by atoms with Gasteiger partial charge in [-0.15, -0.1) is 0 Å². The van der Waals surface area contributed by atoms with E-state index in [1.165, 1.54) is 6.42 Å². The largest absolute Gasteiger partial charge is 0.381 e. The van der Waals surface area contributed by atoms with Gasteiger partial charge in [-0.3, -0.25) is 4.79 Å². The van der Waals surface area contributed by atoms with E-state index in [2.05, 4.69) is 12.2 Å². The van der Waals surface area contributed by atoms with E-state index >= 15 is 0 Å². The molecule has 1 saturated heterocycles. The van der Waals surface area contributed by atoms with E-state index in [-0.39, 0.29) is 5.91 Å². The molecular formula is C14H27NO3. The van der Waals surface area contributed by atoms with Crippen LogP contribution in [0.1, 0.15) is 51.9 Å². The number of hydrogen-bond donors (Lipinski definition) is 1. The van der Waals surface area contributed by atoms with Crippen molar-refractivity contribution in [3.8, 4) is 0 Å². The predicted octanol–water partition coefficient (Wildman–Crippen LogP) is 2.27. The van der Waals surface area contributed by atoms with Crippen LogP contribution in [0.25, 0.3) is 0 Å². The van der Waals surface area contributed by atoms with Gasteiger partial charge in [0.1, 0.15) is 0 Å². The summed E-state index contributed by atoms with van der Waals surface area (Å²) in [7, 11) is 0. The van der Waals surface area contributed by atoms with E-state index in [1.54, 1.807) is 0 Å². The first kappa shape index (κ1) is 15.4. The molecule has 4 heteroatoms. The average molecular weight is 257 g/mol. The molecule has 1 aliphatic heterocycles. The summed E-state index contributed by atoms with van der Waals surface area (Å²) >= 11 is 0. The summed E-state index contributed by atoms with van der Waals surface area (Å²) in [5, 5.41) is 2.92. The van der Waals surface area contributed by atoms with Gasteiger partial charge in [0.05, 0.1) is 6.10 Å². The second kappa shape index (κ2) is 10.3. The zero-order valence-corrected chi connectivity index (χ0v) is 11.6. The Hall–Kier alpha value is -0.610. The molecule has 1 rings (SSSR count). The second-order valence-electron chi connectivity index (χ2n) is 4.84. The van der Waals surface area contributed by atoms with Crippen LogP contribution in [-0.4, -0.2) is 38.4 Å². The van der Waals surface area contributed by atoms with Gasteiger partial charge in [0.25, 0.3) is 0 Å². The van der Waals surface area contributed by atoms with Crippen molar-refractivity contribution in [2.24, 2.45) is 0 Å². The fourth-order valence-corrected chi connectivity index (χ4v) is 2.00. The Bertz CT molecular complexity index is 215. The number of unbranched alkanes of at least 4 members (excludes halogenated alkanes) is 1. The van der Waals surface area contributed by atoms with Crippen LogP contribution < -0.4 is 5.32 Å². The first-order valence-electron chi connectivity index (χ1n) is 7.29. The Kier molecular flexibility index (Phi) is 8.86. The van der Waals surface area contributed by atoms with Crippen molar-refractivity contribution in [1.29, 1.82) is 0 Å². The average Bonchev–Trinajstić information content (AvgIpc) is 2.88. The molecule has 1 atom stereocenters. The lowest BCUT2D eigenvalue weighted by atomic mass is 10.1. The molecule has 1 unspecified atom stereocenters. The molecule has 1 fully saturated rings. The van der Waals surface area contributed by atoms with Gasteiger partial charge in [-0.05, 0) is 32.1 Å². The van der Waals surface area contributed by atoms with Crippen LogP contribution in [0.3, 0.4) is 0 Å². The van der Waals surface area contributed by atoms with Crippen molar-refractivity contribution in [3.63, 3.8) is 0 Å². The molecule has 1 heterocycles. The molecule has 0 aliphatic carbocycles. The van der Waals surface area contributed by atoms with Crippen LogP contribution in [0, 0.1) is 0 Å². The minimum absolute atomic E-state index is 0.138. The Morgan fingerprint density at radius 2 is 2.22 bits per heavy atom. The maximum Gasteiger partial charge on any atom is 0.220 e. The van der Waals surface area contributed by atoms with Gasteiger partial charge in [-0.2, -0.15) is 0 Å². The van der Waals surface area contributed by atoms with E-state index in [9.17, 15) is 4.79 Å². The highest BCUT2D eigenvalue weighted by Gasteiger charge is 2.16. The Morgan fingerprint density at radius 1 is 1.39 bits per heavy atom. The second-order valence-corrected chi connectivity index (χ2v) is 4.84. The van der Waals surface area contributed by atoms with Gasteiger partial charge in [-0.25, -0.2) is 0 Å². The fraction of sp³-hybridized carbons (Fsp3) is 0.929. The summed E-state index contributed by atoms with van der Waals surface area (Å²) in [6.45, 7) is 5.31. The molecule has 0 aromatic carbocycles. The zero-order valence-electron chi connectivity index (χ0n) is 11.6. The van der Waals surface area contributed by atoms with Crippen LogP contribution in [0.2, 0.25) is 0 Å². The summed E-state index contributed by atoms with van der Waals surface area (Å²) in [4.78, 5) is 11.5. The van der Waals surface area contributed by atoms with Gasteiger partial charge in [-0.1, -0.05) is 13.3 Å². The molecule has 0 bridgehead atoms. The predicted molar refractivity (Wildman–Crippen MR) is 71.6 cm³/mol. The van der Waals surface area contributed by atoms with Crippen LogP contribution >= 0.6 is 0 Å². The molecule has 0 radical (unpaired) electrons. The van der Waals surface area contributed by atoms with Gasteiger partial charge in [0.15, 0.2) is 0 Å². The normalized spacial score (nSPS) is 19.1. The Morgan fingerprint density at radius 3 is 2.94 bits per heavy atom. The highest BCUT2D eigenvalue weighted by Crippen LogP contribution is 2.16. The lowest BCUT2D eigenvalue weighted by molar-refractivity contribution is -0.121. The molecule has 0 aromatic rings. The first-order chi connectivity index (χ1) is 8.83. The topological polar surface area (TPSA) is 47.6 Å². The van der Waals surface area contributed by atoms with Crippen molar-refractivity contribution in [1.82, 2.24) is 5.32 Å². The van der Waals surface area contributed by atoms with E-state index in [0.29, 0.717) is 12.5 Å². The Labute approximate surface area is 110 Å². The number of carbonyl (C=O) groups excluding carboxylic acids is 1. The van der Waals surface area contributed by atoms with E-state index in [1.807, 2.05) is 0 Å². The lowest BCUT2D eigenvalue weighted by Gasteiger charge is -2.09. The number of rotatable bonds is 10. The van der Waals surface area contributed by atoms with Crippen molar-refractivity contribution in [2.75, 3.05) is 26.4 Å². The summed E-state index contributed by atoms with van der Waals surface area (Å²) in [5.74, 6) is 0.138. The van der Waals surface area contributed by atoms with Gasteiger partial charge >= 0.3 is 0 Å². The maximum atomic E-state index is 11.5. The summed E-state index contributed by atoms with van der Waals surface area (Å²) in [5.41, 5.74) is 0. The first-order valence-corrected chi connectivity index (χ1v) is 7.29. The number of amides is 1. The zero-order chi connectivity index (χ0) is 13.1. The molecule has 0 saturated carbocycles. The Balaban J connectivity index is 1.84. The van der Waals surface area contributed by atoms with E-state index in [0.717, 1.165) is 58.5 Å². The molecule has 1 aliphatic rings. The van der Waals surface area contributed by atoms with Crippen LogP contribution in [-0.2, 0) is 14.3 Å². The highest BCUT2D eigenvalue weighted by atomic mass is 16.5. The third kappa shape index (κ3) is 7.67. The number of carbonyl (C=O) groups is 1. The van der Waals surface area contributed by atoms with Crippen molar-refractivity contribution < 1.29 is 14.3 Å². The molecule has 4 nitrogen and oxygen atoms in total. The van der Waals surface area contributed by atoms with E-state index in [4.69, 9.17) is 9.47 Å². The van der Waals surface area contributed by atoms with Gasteiger partial charge in [0, 0.05) is 32.8 Å². The third-order valence-corrected chi connectivity index (χ3v) is 3.15. The minimum Gasteiger partial charge on any atom is -0.381 e. The van der Waals surface area contributed by atoms with Crippen molar-refractivity contribution in [2.45, 2.75) is 58.0 Å². The lowest BCUT2D eigenvalue weighted by Crippen LogP contribution is -2.26. The van der Waals surface area contributed by atoms with Crippen LogP contribution in [0.5, 0.6) is 0 Å². The molecule has 1 N–H and O–H groups in total. The SMILES string of the molecule is CCCCOCCCNC(=O)CCC1CCCO1. The monoisotopic (exact) mass is 257 g/mol. The summed E-state index contributed by atoms with van der Waals surface area (Å²) in [6.07, 6.45) is 7.19. The fourth-order valence-electron chi connectivity index (χ4n) is 2.00. The standard InChI is InChI=1S/C14H27NO3/c1-2-3-10-17-11-5-9-15-14(16)8-7-13-6-4-12-18-13/h13H,2-12H2,1H3,(H,15,16). The van der Waals surface area contributed by atoms with Crippen molar-refractivity contribution in [3.05, 3.63) is 0 Å². The van der Waals surface area contributed by atoms with Crippen LogP contribution in [0.4, 0.5) is 0 Å². The van der Waals surface area contributed by atoms with Gasteiger partial charge < -0.3 is 14.8 Å². The quantitative estimate of drug-likeness (QED) is 0.611. The molecule has 0 aromatic heterocycles. The molecular weight excluding hydrogens is 230 g/mol. The van der Waals surface area contributed by atoms with Crippen LogP contribution in [0.15, 0.2) is 0 Å². The summed E-state index contributed by atoms with van der Waals surface area (Å²) < 4.78 is 10.9. The highest BCUT2D eigenvalue weighted by molar-refractivity contribution is 5.75. The molecule has 106 valence electrons. The summed E-state index contributed by atoms with van der Waals surface area (Å²) in [6, 6.07) is 0. The number of ether oxygens (including phenoxy) is 2. The third-order valence-electron chi connectivity index (χ3n) is 3.15. The number of nitrogens with one attached hydrogen (secondary N) is 1. The van der Waals surface area contributed by atoms with Gasteiger partial charge in [0.2, 0.25) is 5.91 Å². The molecule has 18 heavy (non-hydrogen) atoms. The maximum absolute atomic E-state index is 11.5. The van der Waals surface area contributed by atoms with Crippen molar-refractivity contribution >= 4 is 5.91 Å². The number of hydrogen-bond acceptors (Lipinski definition) is 3. The molecule has 0 spiro atoms. The van der Waals surface area contributed by atoms with E-state index < -0.39 is 0 Å².